The highest BCUT2D eigenvalue weighted by Gasteiger charge is 2.24. The maximum Gasteiger partial charge on any atom is 0.324 e. The van der Waals surface area contributed by atoms with E-state index in [1.165, 1.54) is 18.8 Å². The van der Waals surface area contributed by atoms with Gasteiger partial charge in [-0.2, -0.15) is 0 Å². The van der Waals surface area contributed by atoms with E-state index < -0.39 is 11.2 Å². The number of esters is 1. The van der Waals surface area contributed by atoms with Crippen LogP contribution in [0.4, 0.5) is 0 Å². The molecule has 0 aliphatic carbocycles. The van der Waals surface area contributed by atoms with Crippen molar-refractivity contribution in [2.75, 3.05) is 13.7 Å². The first-order chi connectivity index (χ1) is 10.7. The highest BCUT2D eigenvalue weighted by molar-refractivity contribution is 8.00. The molecule has 1 N–H and O–H groups in total. The van der Waals surface area contributed by atoms with Crippen molar-refractivity contribution in [2.45, 2.75) is 10.1 Å². The van der Waals surface area contributed by atoms with Crippen LogP contribution in [0, 0.1) is 0 Å². The van der Waals surface area contributed by atoms with Crippen molar-refractivity contribution in [3.63, 3.8) is 0 Å². The van der Waals surface area contributed by atoms with E-state index in [0.29, 0.717) is 0 Å². The van der Waals surface area contributed by atoms with Gasteiger partial charge in [0.25, 0.3) is 5.91 Å². The Morgan fingerprint density at radius 3 is 2.23 bits per heavy atom. The summed E-state index contributed by atoms with van der Waals surface area (Å²) in [6, 6.07) is 19.0. The Morgan fingerprint density at radius 1 is 1.05 bits per heavy atom. The molecule has 4 nitrogen and oxygen atoms in total. The van der Waals surface area contributed by atoms with Crippen molar-refractivity contribution >= 4 is 23.6 Å². The molecule has 1 atom stereocenters. The fraction of sp³-hybridized carbons (Fsp3) is 0.176. The maximum absolute atomic E-state index is 12.3. The van der Waals surface area contributed by atoms with Crippen molar-refractivity contribution in [1.82, 2.24) is 5.32 Å². The summed E-state index contributed by atoms with van der Waals surface area (Å²) in [7, 11) is 1.50. The van der Waals surface area contributed by atoms with Gasteiger partial charge in [-0.05, 0) is 17.7 Å². The third-order valence-corrected chi connectivity index (χ3v) is 4.18. The zero-order valence-corrected chi connectivity index (χ0v) is 13.0. The first-order valence-electron chi connectivity index (χ1n) is 6.84. The summed E-state index contributed by atoms with van der Waals surface area (Å²) in [5.41, 5.74) is 0.846. The average Bonchev–Trinajstić information content (AvgIpc) is 2.59. The molecule has 0 aliphatic heterocycles. The Hall–Kier alpha value is -2.27. The van der Waals surface area contributed by atoms with E-state index in [1.807, 2.05) is 60.7 Å². The molecule has 0 spiro atoms. The minimum absolute atomic E-state index is 0.270. The van der Waals surface area contributed by atoms with Gasteiger partial charge in [0, 0.05) is 11.9 Å². The molecule has 0 fully saturated rings. The van der Waals surface area contributed by atoms with Crippen LogP contribution in [-0.4, -0.2) is 25.5 Å². The Kier molecular flexibility index (Phi) is 6.03. The van der Waals surface area contributed by atoms with Gasteiger partial charge >= 0.3 is 5.97 Å². The van der Waals surface area contributed by atoms with E-state index in [0.717, 1.165) is 10.5 Å². The highest BCUT2D eigenvalue weighted by atomic mass is 32.2. The summed E-state index contributed by atoms with van der Waals surface area (Å²) in [5, 5.41) is 1.92. The molecule has 0 saturated carbocycles. The number of amides is 1. The van der Waals surface area contributed by atoms with E-state index in [2.05, 4.69) is 5.32 Å². The second-order valence-electron chi connectivity index (χ2n) is 4.50. The van der Waals surface area contributed by atoms with Crippen LogP contribution in [0.15, 0.2) is 65.6 Å². The van der Waals surface area contributed by atoms with E-state index in [9.17, 15) is 9.59 Å². The number of carbonyl (C=O) groups excluding carboxylic acids is 2. The van der Waals surface area contributed by atoms with Crippen LogP contribution in [0.5, 0.6) is 0 Å². The molecule has 0 aliphatic rings. The molecular formula is C17H17NO3S. The normalized spacial score (nSPS) is 11.5. The number of benzene rings is 2. The first kappa shape index (κ1) is 16.1. The molecule has 0 aromatic heterocycles. The number of likely N-dealkylation sites (N-methyl/N-ethyl adjacent to an activating group) is 1. The Bertz CT molecular complexity index is 616. The lowest BCUT2D eigenvalue weighted by Gasteiger charge is -2.16. The van der Waals surface area contributed by atoms with Gasteiger partial charge in [-0.3, -0.25) is 9.59 Å². The predicted octanol–water partition coefficient (Wildman–Crippen LogP) is 2.81. The average molecular weight is 315 g/mol. The number of thioether (sulfide) groups is 1. The molecule has 1 amide bonds. The lowest BCUT2D eigenvalue weighted by Crippen LogP contribution is -2.26. The van der Waals surface area contributed by atoms with Gasteiger partial charge in [-0.15, -0.1) is 11.8 Å². The van der Waals surface area contributed by atoms with Crippen LogP contribution >= 0.6 is 11.8 Å². The molecule has 2 rings (SSSR count). The van der Waals surface area contributed by atoms with Gasteiger partial charge in [0.1, 0.15) is 5.25 Å². The monoisotopic (exact) mass is 315 g/mol. The zero-order valence-electron chi connectivity index (χ0n) is 12.2. The minimum atomic E-state index is -0.506. The second kappa shape index (κ2) is 8.24. The number of carbonyl (C=O) groups is 2. The lowest BCUT2D eigenvalue weighted by atomic mass is 10.1. The van der Waals surface area contributed by atoms with Crippen molar-refractivity contribution in [2.24, 2.45) is 0 Å². The van der Waals surface area contributed by atoms with Crippen molar-refractivity contribution < 1.29 is 14.3 Å². The molecule has 2 aromatic carbocycles. The van der Waals surface area contributed by atoms with E-state index in [-0.39, 0.29) is 12.5 Å². The lowest BCUT2D eigenvalue weighted by molar-refractivity contribution is -0.147. The van der Waals surface area contributed by atoms with Crippen LogP contribution in [-0.2, 0) is 14.3 Å². The van der Waals surface area contributed by atoms with E-state index in [4.69, 9.17) is 4.74 Å². The molecule has 114 valence electrons. The number of nitrogens with one attached hydrogen (secondary N) is 1. The summed E-state index contributed by atoms with van der Waals surface area (Å²) < 4.78 is 5.11. The number of ether oxygens (including phenoxy) is 1. The number of rotatable bonds is 6. The molecule has 22 heavy (non-hydrogen) atoms. The molecule has 0 saturated heterocycles. The zero-order chi connectivity index (χ0) is 15.8. The van der Waals surface area contributed by atoms with Gasteiger partial charge in [0.05, 0.1) is 0 Å². The Balaban J connectivity index is 2.15. The van der Waals surface area contributed by atoms with Gasteiger partial charge < -0.3 is 10.1 Å². The van der Waals surface area contributed by atoms with Crippen LogP contribution < -0.4 is 5.32 Å². The minimum Gasteiger partial charge on any atom is -0.454 e. The van der Waals surface area contributed by atoms with Crippen LogP contribution in [0.1, 0.15) is 10.8 Å². The summed E-state index contributed by atoms with van der Waals surface area (Å²) in [6.07, 6.45) is 0. The quantitative estimate of drug-likeness (QED) is 0.658. The molecule has 0 bridgehead atoms. The number of hydrogen-bond acceptors (Lipinski definition) is 4. The third kappa shape index (κ3) is 4.63. The maximum atomic E-state index is 12.3. The Morgan fingerprint density at radius 2 is 1.64 bits per heavy atom. The predicted molar refractivity (Wildman–Crippen MR) is 86.5 cm³/mol. The highest BCUT2D eigenvalue weighted by Crippen LogP contribution is 2.35. The third-order valence-electron chi connectivity index (χ3n) is 2.94. The molecule has 0 heterocycles. The molecular weight excluding hydrogens is 298 g/mol. The Labute approximate surface area is 133 Å². The van der Waals surface area contributed by atoms with E-state index in [1.54, 1.807) is 0 Å². The second-order valence-corrected chi connectivity index (χ2v) is 5.68. The standard InChI is InChI=1S/C17H17NO3S/c1-18-15(19)12-21-17(20)16(13-8-4-2-5-9-13)22-14-10-6-3-7-11-14/h2-11,16H,12H2,1H3,(H,18,19)/t16-/m1/s1. The molecule has 0 radical (unpaired) electrons. The van der Waals surface area contributed by atoms with Gasteiger partial charge in [0.15, 0.2) is 6.61 Å². The first-order valence-corrected chi connectivity index (χ1v) is 7.72. The summed E-state index contributed by atoms with van der Waals surface area (Å²) in [4.78, 5) is 24.5. The summed E-state index contributed by atoms with van der Waals surface area (Å²) in [5.74, 6) is -0.756. The number of hydrogen-bond donors (Lipinski definition) is 1. The molecule has 2 aromatic rings. The molecule has 0 unspecified atom stereocenters. The van der Waals surface area contributed by atoms with Gasteiger partial charge in [-0.25, -0.2) is 0 Å². The van der Waals surface area contributed by atoms with E-state index >= 15 is 0 Å². The largest absolute Gasteiger partial charge is 0.454 e. The fourth-order valence-corrected chi connectivity index (χ4v) is 2.84. The van der Waals surface area contributed by atoms with Gasteiger partial charge in [-0.1, -0.05) is 48.5 Å². The smallest absolute Gasteiger partial charge is 0.324 e. The van der Waals surface area contributed by atoms with Crippen molar-refractivity contribution in [3.05, 3.63) is 66.2 Å². The topological polar surface area (TPSA) is 55.4 Å². The van der Waals surface area contributed by atoms with Gasteiger partial charge in [0.2, 0.25) is 0 Å². The van der Waals surface area contributed by atoms with Crippen LogP contribution in [0.3, 0.4) is 0 Å². The van der Waals surface area contributed by atoms with Crippen LogP contribution in [0.25, 0.3) is 0 Å². The van der Waals surface area contributed by atoms with Crippen LogP contribution in [0.2, 0.25) is 0 Å². The molecule has 5 heteroatoms. The van der Waals surface area contributed by atoms with Crippen molar-refractivity contribution in [1.29, 1.82) is 0 Å². The summed E-state index contributed by atoms with van der Waals surface area (Å²) >= 11 is 1.40. The summed E-state index contributed by atoms with van der Waals surface area (Å²) in [6.45, 7) is -0.270. The fourth-order valence-electron chi connectivity index (χ4n) is 1.80. The SMILES string of the molecule is CNC(=O)COC(=O)[C@H](Sc1ccccc1)c1ccccc1. The van der Waals surface area contributed by atoms with Crippen molar-refractivity contribution in [3.8, 4) is 0 Å².